The van der Waals surface area contributed by atoms with Crippen molar-refractivity contribution in [2.24, 2.45) is 5.92 Å². The highest BCUT2D eigenvalue weighted by Crippen LogP contribution is 2.40. The Balaban J connectivity index is 2.51. The fraction of sp³-hybridized carbons (Fsp3) is 0.250. The van der Waals surface area contributed by atoms with Crippen molar-refractivity contribution < 1.29 is 23.4 Å². The van der Waals surface area contributed by atoms with Gasteiger partial charge < -0.3 is 10.2 Å². The fourth-order valence-corrected chi connectivity index (χ4v) is 3.63. The molecule has 0 fully saturated rings. The van der Waals surface area contributed by atoms with Crippen molar-refractivity contribution in [3.05, 3.63) is 29.2 Å². The van der Waals surface area contributed by atoms with Crippen molar-refractivity contribution in [3.63, 3.8) is 0 Å². The lowest BCUT2D eigenvalue weighted by Crippen LogP contribution is -2.05. The molecule has 1 aromatic carbocycles. The van der Waals surface area contributed by atoms with Gasteiger partial charge in [0.05, 0.1) is 11.3 Å². The molecule has 5 nitrogen and oxygen atoms in total. The van der Waals surface area contributed by atoms with E-state index in [2.05, 4.69) is 0 Å². The van der Waals surface area contributed by atoms with E-state index >= 15 is 0 Å². The maximum atomic E-state index is 11.9. The van der Waals surface area contributed by atoms with E-state index in [-0.39, 0.29) is 17.1 Å². The van der Waals surface area contributed by atoms with Gasteiger partial charge >= 0.3 is 5.97 Å². The van der Waals surface area contributed by atoms with E-state index in [0.717, 1.165) is 5.41 Å². The highest BCUT2D eigenvalue weighted by atomic mass is 32.2. The van der Waals surface area contributed by atoms with E-state index in [1.165, 1.54) is 18.2 Å². The van der Waals surface area contributed by atoms with Crippen LogP contribution < -0.4 is 0 Å². The molecule has 1 aliphatic rings. The molecular formula is C12H12O5S. The maximum Gasteiger partial charge on any atom is 0.303 e. The molecule has 1 atom stereocenters. The molecule has 1 unspecified atom stereocenters. The molecule has 1 heterocycles. The van der Waals surface area contributed by atoms with E-state index < -0.39 is 21.7 Å². The smallest absolute Gasteiger partial charge is 0.303 e. The van der Waals surface area contributed by atoms with Crippen molar-refractivity contribution >= 4 is 21.4 Å². The number of aromatic hydroxyl groups is 1. The Morgan fingerprint density at radius 1 is 1.39 bits per heavy atom. The molecule has 0 aliphatic carbocycles. The van der Waals surface area contributed by atoms with Gasteiger partial charge in [0.25, 0.3) is 0 Å². The fourth-order valence-electron chi connectivity index (χ4n) is 2.03. The van der Waals surface area contributed by atoms with Gasteiger partial charge in [-0.2, -0.15) is 0 Å². The van der Waals surface area contributed by atoms with Gasteiger partial charge in [-0.15, -0.1) is 0 Å². The average Bonchev–Trinajstić information content (AvgIpc) is 2.50. The quantitative estimate of drug-likeness (QED) is 0.869. The Labute approximate surface area is 104 Å². The first-order chi connectivity index (χ1) is 8.31. The third kappa shape index (κ3) is 2.11. The summed E-state index contributed by atoms with van der Waals surface area (Å²) in [7, 11) is -3.57. The second kappa shape index (κ2) is 4.13. The highest BCUT2D eigenvalue weighted by molar-refractivity contribution is 7.95. The Bertz CT molecular complexity index is 642. The van der Waals surface area contributed by atoms with Gasteiger partial charge in [-0.3, -0.25) is 4.79 Å². The first-order valence-corrected chi connectivity index (χ1v) is 6.88. The van der Waals surface area contributed by atoms with Gasteiger partial charge in [-0.05, 0) is 35.3 Å². The second-order valence-corrected chi connectivity index (χ2v) is 6.06. The lowest BCUT2D eigenvalue weighted by atomic mass is 9.93. The van der Waals surface area contributed by atoms with Crippen LogP contribution in [0.4, 0.5) is 0 Å². The third-order valence-electron chi connectivity index (χ3n) is 2.88. The number of carboxylic acid groups (broad SMARTS) is 1. The molecule has 1 aromatic rings. The number of sulfone groups is 1. The predicted molar refractivity (Wildman–Crippen MR) is 64.7 cm³/mol. The van der Waals surface area contributed by atoms with Crippen molar-refractivity contribution in [1.82, 2.24) is 0 Å². The van der Waals surface area contributed by atoms with Crippen LogP contribution in [0.1, 0.15) is 18.9 Å². The summed E-state index contributed by atoms with van der Waals surface area (Å²) in [6.45, 7) is 1.66. The SMILES string of the molecule is CC(CC(=O)O)C1=CS(=O)(=O)c2cc(O)ccc21. The molecule has 0 spiro atoms. The number of benzene rings is 1. The van der Waals surface area contributed by atoms with Crippen LogP contribution in [-0.4, -0.2) is 24.6 Å². The Morgan fingerprint density at radius 3 is 2.67 bits per heavy atom. The van der Waals surface area contributed by atoms with Gasteiger partial charge in [0.2, 0.25) is 9.84 Å². The number of hydrogen-bond donors (Lipinski definition) is 2. The van der Waals surface area contributed by atoms with Crippen molar-refractivity contribution in [2.45, 2.75) is 18.2 Å². The van der Waals surface area contributed by atoms with Crippen LogP contribution in [-0.2, 0) is 14.6 Å². The zero-order valence-corrected chi connectivity index (χ0v) is 10.4. The Hall–Kier alpha value is -1.82. The molecule has 1 aliphatic heterocycles. The number of allylic oxidation sites excluding steroid dienone is 1. The summed E-state index contributed by atoms with van der Waals surface area (Å²) in [6.07, 6.45) is -0.137. The molecule has 0 radical (unpaired) electrons. The molecule has 2 N–H and O–H groups in total. The van der Waals surface area contributed by atoms with Gasteiger partial charge in [0.15, 0.2) is 0 Å². The van der Waals surface area contributed by atoms with Crippen LogP contribution in [0.15, 0.2) is 28.5 Å². The van der Waals surface area contributed by atoms with E-state index in [4.69, 9.17) is 5.11 Å². The van der Waals surface area contributed by atoms with Gasteiger partial charge in [-0.25, -0.2) is 8.42 Å². The summed E-state index contributed by atoms with van der Waals surface area (Å²) in [5.74, 6) is -1.51. The predicted octanol–water partition coefficient (Wildman–Crippen LogP) is 1.63. The van der Waals surface area contributed by atoms with Gasteiger partial charge in [0, 0.05) is 5.41 Å². The van der Waals surface area contributed by atoms with Gasteiger partial charge in [-0.1, -0.05) is 6.92 Å². The maximum absolute atomic E-state index is 11.9. The van der Waals surface area contributed by atoms with Crippen molar-refractivity contribution in [2.75, 3.05) is 0 Å². The van der Waals surface area contributed by atoms with E-state index in [1.54, 1.807) is 6.92 Å². The summed E-state index contributed by atoms with van der Waals surface area (Å²) >= 11 is 0. The van der Waals surface area contributed by atoms with Crippen LogP contribution in [0.5, 0.6) is 5.75 Å². The van der Waals surface area contributed by atoms with Crippen LogP contribution in [0, 0.1) is 5.92 Å². The number of fused-ring (bicyclic) bond motifs is 1. The van der Waals surface area contributed by atoms with E-state index in [0.29, 0.717) is 11.1 Å². The minimum absolute atomic E-state index is 0.0368. The summed E-state index contributed by atoms with van der Waals surface area (Å²) < 4.78 is 23.7. The number of rotatable bonds is 3. The zero-order valence-electron chi connectivity index (χ0n) is 9.62. The highest BCUT2D eigenvalue weighted by Gasteiger charge is 2.30. The largest absolute Gasteiger partial charge is 0.508 e. The van der Waals surface area contributed by atoms with Crippen LogP contribution >= 0.6 is 0 Å². The molecule has 0 bridgehead atoms. The molecule has 0 amide bonds. The standard InChI is InChI=1S/C12H12O5S/c1-7(4-12(14)15)10-6-18(16,17)11-5-8(13)2-3-9(10)11/h2-3,5-7,13H,4H2,1H3,(H,14,15). The second-order valence-electron chi connectivity index (χ2n) is 4.30. The Kier molecular flexibility index (Phi) is 2.90. The number of phenolic OH excluding ortho intramolecular Hbond substituents is 1. The van der Waals surface area contributed by atoms with E-state index in [1.807, 2.05) is 0 Å². The molecule has 0 saturated heterocycles. The molecular weight excluding hydrogens is 256 g/mol. The van der Waals surface area contributed by atoms with Crippen LogP contribution in [0.3, 0.4) is 0 Å². The molecule has 18 heavy (non-hydrogen) atoms. The lowest BCUT2D eigenvalue weighted by molar-refractivity contribution is -0.137. The number of phenols is 1. The normalized spacial score (nSPS) is 17.9. The first kappa shape index (κ1) is 12.6. The Morgan fingerprint density at radius 2 is 2.06 bits per heavy atom. The zero-order chi connectivity index (χ0) is 13.5. The third-order valence-corrected chi connectivity index (χ3v) is 4.39. The first-order valence-electron chi connectivity index (χ1n) is 5.33. The molecule has 6 heteroatoms. The van der Waals surface area contributed by atoms with E-state index in [9.17, 15) is 18.3 Å². The summed E-state index contributed by atoms with van der Waals surface area (Å²) in [5.41, 5.74) is 0.953. The number of carboxylic acids is 1. The van der Waals surface area contributed by atoms with Crippen molar-refractivity contribution in [1.29, 1.82) is 0 Å². The minimum Gasteiger partial charge on any atom is -0.508 e. The number of hydrogen-bond acceptors (Lipinski definition) is 4. The summed E-state index contributed by atoms with van der Waals surface area (Å²) in [5, 5.41) is 19.2. The molecule has 96 valence electrons. The lowest BCUT2D eigenvalue weighted by Gasteiger charge is -2.11. The molecule has 0 saturated carbocycles. The monoisotopic (exact) mass is 268 g/mol. The summed E-state index contributed by atoms with van der Waals surface area (Å²) in [6, 6.07) is 4.07. The van der Waals surface area contributed by atoms with Crippen LogP contribution in [0.2, 0.25) is 0 Å². The molecule has 2 rings (SSSR count). The number of carbonyl (C=O) groups is 1. The number of aliphatic carboxylic acids is 1. The summed E-state index contributed by atoms with van der Waals surface area (Å²) in [4.78, 5) is 10.7. The molecule has 0 aromatic heterocycles. The van der Waals surface area contributed by atoms with Crippen molar-refractivity contribution in [3.8, 4) is 5.75 Å². The average molecular weight is 268 g/mol. The topological polar surface area (TPSA) is 91.7 Å². The van der Waals surface area contributed by atoms with Crippen LogP contribution in [0.25, 0.3) is 5.57 Å². The van der Waals surface area contributed by atoms with Gasteiger partial charge in [0.1, 0.15) is 5.75 Å². The minimum atomic E-state index is -3.57.